The highest BCUT2D eigenvalue weighted by Crippen LogP contribution is 2.23. The SMILES string of the molecule is CC(C)C1C(=O)N=C(c2ncc(Br)cc2C(=O)O)N1C. The highest BCUT2D eigenvalue weighted by Gasteiger charge is 2.37. The van der Waals surface area contributed by atoms with Crippen LogP contribution < -0.4 is 0 Å². The molecule has 0 bridgehead atoms. The number of carboxylic acids is 1. The topological polar surface area (TPSA) is 82.9 Å². The number of carboxylic acid groups (broad SMARTS) is 1. The number of halogens is 1. The summed E-state index contributed by atoms with van der Waals surface area (Å²) in [6.45, 7) is 3.84. The number of carbonyl (C=O) groups is 2. The molecule has 0 radical (unpaired) electrons. The molecule has 1 N–H and O–H groups in total. The number of likely N-dealkylation sites (N-methyl/N-ethyl adjacent to an activating group) is 1. The van der Waals surface area contributed by atoms with Crippen molar-refractivity contribution < 1.29 is 14.7 Å². The van der Waals surface area contributed by atoms with E-state index in [1.54, 1.807) is 11.9 Å². The minimum absolute atomic E-state index is 0.0159. The average molecular weight is 340 g/mol. The number of rotatable bonds is 3. The Morgan fingerprint density at radius 3 is 2.65 bits per heavy atom. The third-order valence-corrected chi connectivity index (χ3v) is 3.58. The zero-order valence-corrected chi connectivity index (χ0v) is 12.9. The molecule has 2 heterocycles. The number of pyridine rings is 1. The summed E-state index contributed by atoms with van der Waals surface area (Å²) in [6.07, 6.45) is 1.49. The third-order valence-electron chi connectivity index (χ3n) is 3.15. The zero-order valence-electron chi connectivity index (χ0n) is 11.3. The fourth-order valence-corrected chi connectivity index (χ4v) is 2.61. The zero-order chi connectivity index (χ0) is 15.0. The summed E-state index contributed by atoms with van der Waals surface area (Å²) in [7, 11) is 1.73. The van der Waals surface area contributed by atoms with E-state index < -0.39 is 5.97 Å². The summed E-state index contributed by atoms with van der Waals surface area (Å²) in [5.74, 6) is -0.986. The quantitative estimate of drug-likeness (QED) is 0.907. The normalized spacial score (nSPS) is 18.6. The lowest BCUT2D eigenvalue weighted by Crippen LogP contribution is -2.39. The van der Waals surface area contributed by atoms with Crippen LogP contribution in [-0.4, -0.2) is 45.8 Å². The van der Waals surface area contributed by atoms with Crippen LogP contribution in [-0.2, 0) is 4.79 Å². The minimum atomic E-state index is -1.11. The van der Waals surface area contributed by atoms with Crippen LogP contribution in [0.2, 0.25) is 0 Å². The molecule has 2 rings (SSSR count). The highest BCUT2D eigenvalue weighted by molar-refractivity contribution is 9.10. The summed E-state index contributed by atoms with van der Waals surface area (Å²) in [4.78, 5) is 33.0. The van der Waals surface area contributed by atoms with Crippen molar-refractivity contribution in [3.05, 3.63) is 28.0 Å². The number of amidine groups is 1. The predicted octanol–water partition coefficient (Wildman–Crippen LogP) is 1.79. The number of hydrogen-bond donors (Lipinski definition) is 1. The highest BCUT2D eigenvalue weighted by atomic mass is 79.9. The van der Waals surface area contributed by atoms with Gasteiger partial charge in [-0.05, 0) is 27.9 Å². The Kier molecular flexibility index (Phi) is 3.89. The molecule has 1 amide bonds. The Bertz CT molecular complexity index is 613. The molecular formula is C13H14BrN3O3. The number of aromatic carboxylic acids is 1. The molecule has 0 aliphatic carbocycles. The minimum Gasteiger partial charge on any atom is -0.478 e. The van der Waals surface area contributed by atoms with Gasteiger partial charge in [-0.25, -0.2) is 4.79 Å². The van der Waals surface area contributed by atoms with Crippen molar-refractivity contribution in [3.8, 4) is 0 Å². The van der Waals surface area contributed by atoms with Crippen LogP contribution in [0.5, 0.6) is 0 Å². The first-order valence-electron chi connectivity index (χ1n) is 6.07. The first-order valence-corrected chi connectivity index (χ1v) is 6.86. The van der Waals surface area contributed by atoms with Crippen LogP contribution in [0.3, 0.4) is 0 Å². The van der Waals surface area contributed by atoms with E-state index in [-0.39, 0.29) is 29.1 Å². The maximum Gasteiger partial charge on any atom is 0.338 e. The first-order chi connectivity index (χ1) is 9.32. The van der Waals surface area contributed by atoms with E-state index in [0.29, 0.717) is 10.3 Å². The van der Waals surface area contributed by atoms with Crippen molar-refractivity contribution in [1.29, 1.82) is 0 Å². The smallest absolute Gasteiger partial charge is 0.338 e. The Balaban J connectivity index is 2.51. The van der Waals surface area contributed by atoms with E-state index in [1.165, 1.54) is 12.3 Å². The molecule has 1 aliphatic heterocycles. The van der Waals surface area contributed by atoms with E-state index in [1.807, 2.05) is 13.8 Å². The van der Waals surface area contributed by atoms with Gasteiger partial charge >= 0.3 is 5.97 Å². The molecule has 1 aromatic rings. The lowest BCUT2D eigenvalue weighted by atomic mass is 10.0. The molecule has 1 atom stereocenters. The van der Waals surface area contributed by atoms with Gasteiger partial charge in [-0.15, -0.1) is 0 Å². The van der Waals surface area contributed by atoms with Crippen molar-refractivity contribution in [2.45, 2.75) is 19.9 Å². The standard InChI is InChI=1S/C13H14BrN3O3/c1-6(2)10-12(18)16-11(17(10)3)9-8(13(19)20)4-7(14)5-15-9/h4-6,10H,1-3H3,(H,19,20). The molecule has 7 heteroatoms. The Morgan fingerprint density at radius 1 is 1.50 bits per heavy atom. The van der Waals surface area contributed by atoms with Gasteiger partial charge in [-0.1, -0.05) is 13.8 Å². The Morgan fingerprint density at radius 2 is 2.15 bits per heavy atom. The number of nitrogens with zero attached hydrogens (tertiary/aromatic N) is 3. The monoisotopic (exact) mass is 339 g/mol. The third kappa shape index (κ3) is 2.45. The van der Waals surface area contributed by atoms with Crippen LogP contribution >= 0.6 is 15.9 Å². The summed E-state index contributed by atoms with van der Waals surface area (Å²) in [6, 6.07) is 1.07. The fourth-order valence-electron chi connectivity index (χ4n) is 2.28. The lowest BCUT2D eigenvalue weighted by molar-refractivity contribution is -0.121. The molecule has 0 spiro atoms. The Labute approximate surface area is 124 Å². The van der Waals surface area contributed by atoms with E-state index in [2.05, 4.69) is 25.9 Å². The molecule has 0 saturated carbocycles. The molecular weight excluding hydrogens is 326 g/mol. The number of aromatic nitrogens is 1. The molecule has 0 aromatic carbocycles. The maximum atomic E-state index is 11.9. The van der Waals surface area contributed by atoms with E-state index in [0.717, 1.165) is 0 Å². The Hall–Kier alpha value is -1.76. The molecule has 106 valence electrons. The molecule has 6 nitrogen and oxygen atoms in total. The molecule has 1 aliphatic rings. The van der Waals surface area contributed by atoms with Crippen molar-refractivity contribution in [2.75, 3.05) is 7.05 Å². The molecule has 20 heavy (non-hydrogen) atoms. The fraction of sp³-hybridized carbons (Fsp3) is 0.385. The van der Waals surface area contributed by atoms with Crippen LogP contribution in [0.25, 0.3) is 0 Å². The molecule has 0 saturated heterocycles. The summed E-state index contributed by atoms with van der Waals surface area (Å²) in [5, 5.41) is 9.26. The van der Waals surface area contributed by atoms with Gasteiger partial charge in [0, 0.05) is 17.7 Å². The van der Waals surface area contributed by atoms with Gasteiger partial charge in [0.1, 0.15) is 11.7 Å². The molecule has 0 fully saturated rings. The van der Waals surface area contributed by atoms with Gasteiger partial charge in [0.15, 0.2) is 5.84 Å². The van der Waals surface area contributed by atoms with Gasteiger partial charge in [-0.3, -0.25) is 9.78 Å². The average Bonchev–Trinajstić information content (AvgIpc) is 2.64. The number of carbonyl (C=O) groups excluding carboxylic acids is 1. The van der Waals surface area contributed by atoms with Gasteiger partial charge in [-0.2, -0.15) is 4.99 Å². The second-order valence-electron chi connectivity index (χ2n) is 4.93. The van der Waals surface area contributed by atoms with E-state index in [9.17, 15) is 14.7 Å². The second-order valence-corrected chi connectivity index (χ2v) is 5.84. The van der Waals surface area contributed by atoms with Crippen LogP contribution in [0.4, 0.5) is 0 Å². The van der Waals surface area contributed by atoms with E-state index in [4.69, 9.17) is 0 Å². The van der Waals surface area contributed by atoms with Crippen molar-refractivity contribution >= 4 is 33.6 Å². The lowest BCUT2D eigenvalue weighted by Gasteiger charge is -2.24. The van der Waals surface area contributed by atoms with Crippen molar-refractivity contribution in [3.63, 3.8) is 0 Å². The summed E-state index contributed by atoms with van der Waals surface area (Å²) < 4.78 is 0.562. The van der Waals surface area contributed by atoms with Crippen molar-refractivity contribution in [1.82, 2.24) is 9.88 Å². The van der Waals surface area contributed by atoms with Gasteiger partial charge < -0.3 is 10.0 Å². The van der Waals surface area contributed by atoms with Crippen LogP contribution in [0.15, 0.2) is 21.7 Å². The van der Waals surface area contributed by atoms with Gasteiger partial charge in [0.05, 0.1) is 5.56 Å². The van der Waals surface area contributed by atoms with Crippen LogP contribution in [0, 0.1) is 5.92 Å². The van der Waals surface area contributed by atoms with Crippen LogP contribution in [0.1, 0.15) is 29.9 Å². The maximum absolute atomic E-state index is 11.9. The predicted molar refractivity (Wildman–Crippen MR) is 76.8 cm³/mol. The second kappa shape index (κ2) is 5.32. The summed E-state index contributed by atoms with van der Waals surface area (Å²) >= 11 is 3.19. The summed E-state index contributed by atoms with van der Waals surface area (Å²) in [5.41, 5.74) is 0.224. The molecule has 1 aromatic heterocycles. The molecule has 1 unspecified atom stereocenters. The van der Waals surface area contributed by atoms with Gasteiger partial charge in [0.2, 0.25) is 0 Å². The largest absolute Gasteiger partial charge is 0.478 e. The van der Waals surface area contributed by atoms with E-state index >= 15 is 0 Å². The number of aliphatic imine (C=N–C) groups is 1. The number of hydrogen-bond acceptors (Lipinski definition) is 4. The van der Waals surface area contributed by atoms with Gasteiger partial charge in [0.25, 0.3) is 5.91 Å². The number of amides is 1. The first kappa shape index (κ1) is 14.6. The van der Waals surface area contributed by atoms with Crippen molar-refractivity contribution in [2.24, 2.45) is 10.9 Å².